The Kier molecular flexibility index (Phi) is 4.82. The molecule has 4 saturated carbocycles. The normalized spacial score (nSPS) is 32.0. The van der Waals surface area contributed by atoms with Crippen molar-refractivity contribution >= 4 is 22.6 Å². The van der Waals surface area contributed by atoms with Gasteiger partial charge in [0.05, 0.1) is 5.41 Å². The van der Waals surface area contributed by atoms with Gasteiger partial charge in [0.2, 0.25) is 11.0 Å². The molecule has 0 radical (unpaired) electrons. The van der Waals surface area contributed by atoms with Crippen molar-refractivity contribution in [1.29, 1.82) is 0 Å². The second kappa shape index (κ2) is 7.58. The van der Waals surface area contributed by atoms with E-state index >= 15 is 0 Å². The maximum atomic E-state index is 13.6. The summed E-state index contributed by atoms with van der Waals surface area (Å²) >= 11 is 1.50. The maximum Gasteiger partial charge on any atom is 0.228 e. The van der Waals surface area contributed by atoms with Crippen LogP contribution in [0.1, 0.15) is 55.5 Å². The van der Waals surface area contributed by atoms with E-state index in [4.69, 9.17) is 4.98 Å². The molecule has 6 heteroatoms. The molecule has 1 aromatic carbocycles. The first-order valence-corrected chi connectivity index (χ1v) is 12.8. The lowest BCUT2D eigenvalue weighted by Gasteiger charge is -2.57. The lowest BCUT2D eigenvalue weighted by Crippen LogP contribution is -2.58. The van der Waals surface area contributed by atoms with Gasteiger partial charge in [0.15, 0.2) is 0 Å². The lowest BCUT2D eigenvalue weighted by molar-refractivity contribution is -0.158. The van der Waals surface area contributed by atoms with Gasteiger partial charge in [-0.1, -0.05) is 29.8 Å². The number of rotatable bonds is 4. The Morgan fingerprint density at radius 2 is 1.61 bits per heavy atom. The number of nitrogens with zero attached hydrogens (tertiary/aromatic N) is 4. The number of anilines is 1. The Bertz CT molecular complexity index is 925. The quantitative estimate of drug-likeness (QED) is 0.717. The molecule has 4 aliphatic carbocycles. The number of piperazine rings is 1. The van der Waals surface area contributed by atoms with E-state index < -0.39 is 0 Å². The van der Waals surface area contributed by atoms with Crippen LogP contribution in [0.3, 0.4) is 0 Å². The Hall–Kier alpha value is -1.95. The first-order chi connectivity index (χ1) is 15.1. The van der Waals surface area contributed by atoms with Gasteiger partial charge in [-0.25, -0.2) is 4.98 Å². The van der Waals surface area contributed by atoms with Crippen molar-refractivity contribution < 1.29 is 4.79 Å². The minimum Gasteiger partial charge on any atom is -0.343 e. The van der Waals surface area contributed by atoms with Crippen molar-refractivity contribution in [3.63, 3.8) is 0 Å². The van der Waals surface area contributed by atoms with Gasteiger partial charge in [-0.15, -0.1) is 0 Å². The molecule has 1 aromatic heterocycles. The highest BCUT2D eigenvalue weighted by atomic mass is 32.1. The summed E-state index contributed by atoms with van der Waals surface area (Å²) in [5.41, 5.74) is 2.51. The summed E-state index contributed by atoms with van der Waals surface area (Å²) in [6.07, 6.45) is 8.44. The third-order valence-corrected chi connectivity index (χ3v) is 9.08. The third-order valence-electron chi connectivity index (χ3n) is 8.27. The second-order valence-electron chi connectivity index (χ2n) is 10.6. The molecule has 4 bridgehead atoms. The number of carbonyl (C=O) groups is 1. The van der Waals surface area contributed by atoms with E-state index in [9.17, 15) is 4.79 Å². The zero-order valence-electron chi connectivity index (χ0n) is 18.4. The molecule has 1 amide bonds. The fourth-order valence-corrected chi connectivity index (χ4v) is 7.88. The van der Waals surface area contributed by atoms with Crippen molar-refractivity contribution in [2.45, 2.75) is 51.9 Å². The predicted octanol–water partition coefficient (Wildman–Crippen LogP) is 4.30. The average molecular weight is 437 g/mol. The van der Waals surface area contributed by atoms with E-state index in [1.54, 1.807) is 0 Å². The first kappa shape index (κ1) is 19.7. The van der Waals surface area contributed by atoms with Crippen LogP contribution < -0.4 is 4.90 Å². The van der Waals surface area contributed by atoms with Crippen LogP contribution in [0.25, 0.3) is 0 Å². The van der Waals surface area contributed by atoms with Gasteiger partial charge in [0.25, 0.3) is 0 Å². The number of benzene rings is 1. The van der Waals surface area contributed by atoms with Crippen LogP contribution in [0.2, 0.25) is 0 Å². The number of hydrogen-bond donors (Lipinski definition) is 0. The number of aryl methyl sites for hydroxylation is 1. The van der Waals surface area contributed by atoms with Gasteiger partial charge in [0, 0.05) is 44.1 Å². The molecule has 0 atom stereocenters. The summed E-state index contributed by atoms with van der Waals surface area (Å²) < 4.78 is 4.60. The molecule has 5 aliphatic rings. The van der Waals surface area contributed by atoms with Crippen LogP contribution in [-0.4, -0.2) is 46.3 Å². The van der Waals surface area contributed by atoms with Gasteiger partial charge in [-0.05, 0) is 68.8 Å². The van der Waals surface area contributed by atoms with Gasteiger partial charge in [-0.3, -0.25) is 4.79 Å². The first-order valence-electron chi connectivity index (χ1n) is 12.0. The maximum absolute atomic E-state index is 13.6. The molecule has 7 rings (SSSR count). The molecule has 5 nitrogen and oxygen atoms in total. The van der Waals surface area contributed by atoms with Crippen molar-refractivity contribution in [2.24, 2.45) is 23.2 Å². The molecule has 1 aliphatic heterocycles. The summed E-state index contributed by atoms with van der Waals surface area (Å²) in [5, 5.41) is 1.00. The highest BCUT2D eigenvalue weighted by molar-refractivity contribution is 7.09. The highest BCUT2D eigenvalue weighted by Gasteiger charge is 2.55. The molecule has 5 fully saturated rings. The van der Waals surface area contributed by atoms with E-state index in [1.165, 1.54) is 41.9 Å². The third kappa shape index (κ3) is 3.67. The van der Waals surface area contributed by atoms with E-state index in [0.717, 1.165) is 80.6 Å². The molecular formula is C25H32N4OS. The summed E-state index contributed by atoms with van der Waals surface area (Å²) in [6, 6.07) is 8.60. The van der Waals surface area contributed by atoms with Gasteiger partial charge in [-0.2, -0.15) is 4.37 Å². The van der Waals surface area contributed by atoms with Gasteiger partial charge in [0.1, 0.15) is 5.82 Å². The molecule has 2 heterocycles. The number of hydrogen-bond acceptors (Lipinski definition) is 5. The zero-order valence-corrected chi connectivity index (χ0v) is 19.2. The van der Waals surface area contributed by atoms with Crippen molar-refractivity contribution in [3.8, 4) is 0 Å². The predicted molar refractivity (Wildman–Crippen MR) is 123 cm³/mol. The Labute approximate surface area is 189 Å². The average Bonchev–Trinajstić information content (AvgIpc) is 3.22. The molecule has 0 N–H and O–H groups in total. The summed E-state index contributed by atoms with van der Waals surface area (Å²) in [7, 11) is 0. The molecule has 2 aromatic rings. The monoisotopic (exact) mass is 436 g/mol. The molecular weight excluding hydrogens is 404 g/mol. The van der Waals surface area contributed by atoms with Crippen LogP contribution in [-0.2, 0) is 11.2 Å². The van der Waals surface area contributed by atoms with Crippen LogP contribution in [0, 0.1) is 30.1 Å². The Morgan fingerprint density at radius 3 is 2.23 bits per heavy atom. The van der Waals surface area contributed by atoms with Crippen LogP contribution >= 0.6 is 11.5 Å². The SMILES string of the molecule is Cc1ccc(Cc2nsc(N3CCN(C(=O)C45CC6CC(CC(C6)C4)C5)CC3)n2)cc1. The minimum atomic E-state index is -0.0130. The second-order valence-corrected chi connectivity index (χ2v) is 11.4. The van der Waals surface area contributed by atoms with E-state index in [0.29, 0.717) is 5.91 Å². The van der Waals surface area contributed by atoms with E-state index in [2.05, 4.69) is 45.4 Å². The van der Waals surface area contributed by atoms with Crippen LogP contribution in [0.4, 0.5) is 5.13 Å². The fourth-order valence-electron chi connectivity index (χ4n) is 7.14. The van der Waals surface area contributed by atoms with E-state index in [-0.39, 0.29) is 5.41 Å². The summed E-state index contributed by atoms with van der Waals surface area (Å²) in [5.74, 6) is 3.85. The number of amides is 1. The zero-order chi connectivity index (χ0) is 21.0. The number of carbonyl (C=O) groups excluding carboxylic acids is 1. The van der Waals surface area contributed by atoms with Crippen LogP contribution in [0.5, 0.6) is 0 Å². The van der Waals surface area contributed by atoms with Crippen molar-refractivity contribution in [1.82, 2.24) is 14.3 Å². The van der Waals surface area contributed by atoms with Gasteiger partial charge >= 0.3 is 0 Å². The topological polar surface area (TPSA) is 49.3 Å². The Balaban J connectivity index is 1.08. The largest absolute Gasteiger partial charge is 0.343 e. The number of aromatic nitrogens is 2. The molecule has 31 heavy (non-hydrogen) atoms. The lowest BCUT2D eigenvalue weighted by atomic mass is 9.49. The molecule has 1 saturated heterocycles. The molecule has 0 unspecified atom stereocenters. The minimum absolute atomic E-state index is 0.0130. The smallest absolute Gasteiger partial charge is 0.228 e. The highest BCUT2D eigenvalue weighted by Crippen LogP contribution is 2.60. The summed E-state index contributed by atoms with van der Waals surface area (Å²) in [6.45, 7) is 5.51. The molecule has 0 spiro atoms. The van der Waals surface area contributed by atoms with Crippen LogP contribution in [0.15, 0.2) is 24.3 Å². The molecule has 164 valence electrons. The fraction of sp³-hybridized carbons (Fsp3) is 0.640. The van der Waals surface area contributed by atoms with E-state index in [1.807, 2.05) is 0 Å². The standard InChI is InChI=1S/C25H32N4OS/c1-17-2-4-18(5-3-17)13-22-26-24(31-27-22)29-8-6-28(7-9-29)23(30)25-14-19-10-20(15-25)12-21(11-19)16-25/h2-5,19-21H,6-16H2,1H3. The summed E-state index contributed by atoms with van der Waals surface area (Å²) in [4.78, 5) is 22.9. The van der Waals surface area contributed by atoms with Gasteiger partial charge < -0.3 is 9.80 Å². The Morgan fingerprint density at radius 1 is 1.00 bits per heavy atom. The van der Waals surface area contributed by atoms with Crippen molar-refractivity contribution in [2.75, 3.05) is 31.1 Å². The van der Waals surface area contributed by atoms with Crippen molar-refractivity contribution in [3.05, 3.63) is 41.2 Å².